The highest BCUT2D eigenvalue weighted by molar-refractivity contribution is 5.85. The highest BCUT2D eigenvalue weighted by Crippen LogP contribution is 2.19. The Morgan fingerprint density at radius 2 is 2.04 bits per heavy atom. The van der Waals surface area contributed by atoms with Crippen LogP contribution in [0.1, 0.15) is 31.7 Å². The van der Waals surface area contributed by atoms with Gasteiger partial charge in [-0.2, -0.15) is 0 Å². The first-order valence-electron chi connectivity index (χ1n) is 9.11. The molecule has 1 aliphatic heterocycles. The Hall–Kier alpha value is -1.79. The number of nitrogens with one attached hydrogen (secondary N) is 1. The van der Waals surface area contributed by atoms with E-state index in [1.807, 2.05) is 36.1 Å². The molecule has 1 aromatic carbocycles. The van der Waals surface area contributed by atoms with E-state index in [4.69, 9.17) is 10.5 Å². The van der Waals surface area contributed by atoms with Crippen LogP contribution in [0.15, 0.2) is 24.3 Å². The lowest BCUT2D eigenvalue weighted by Gasteiger charge is -2.32. The first kappa shape index (κ1) is 22.3. The summed E-state index contributed by atoms with van der Waals surface area (Å²) >= 11 is 0. The lowest BCUT2D eigenvalue weighted by Crippen LogP contribution is -2.46. The van der Waals surface area contributed by atoms with E-state index in [1.165, 1.54) is 0 Å². The number of halogens is 1. The molecule has 1 aliphatic rings. The highest BCUT2D eigenvalue weighted by atomic mass is 35.5. The van der Waals surface area contributed by atoms with E-state index in [1.54, 1.807) is 0 Å². The summed E-state index contributed by atoms with van der Waals surface area (Å²) in [5, 5.41) is 2.82. The molecule has 1 aromatic rings. The van der Waals surface area contributed by atoms with E-state index in [-0.39, 0.29) is 30.1 Å². The number of likely N-dealkylation sites (tertiary alicyclic amines) is 1. The average Bonchev–Trinajstić information content (AvgIpc) is 2.65. The van der Waals surface area contributed by atoms with E-state index in [0.717, 1.165) is 30.7 Å². The molecule has 146 valence electrons. The lowest BCUT2D eigenvalue weighted by molar-refractivity contribution is -0.135. The van der Waals surface area contributed by atoms with Gasteiger partial charge in [-0.15, -0.1) is 12.4 Å². The van der Waals surface area contributed by atoms with Gasteiger partial charge in [0.05, 0.1) is 12.5 Å². The predicted molar refractivity (Wildman–Crippen MR) is 105 cm³/mol. The molecule has 0 aromatic heterocycles. The van der Waals surface area contributed by atoms with E-state index in [0.29, 0.717) is 39.1 Å². The molecule has 1 heterocycles. The second-order valence-electron chi connectivity index (χ2n) is 6.34. The Labute approximate surface area is 161 Å². The SMILES string of the molecule is CCOc1ccc(CCC(=O)N2CCCC(C(=O)NCCN)C2)cc1.Cl. The Morgan fingerprint density at radius 3 is 2.69 bits per heavy atom. The van der Waals surface area contributed by atoms with Crippen molar-refractivity contribution in [3.8, 4) is 5.75 Å². The van der Waals surface area contributed by atoms with Gasteiger partial charge in [-0.1, -0.05) is 12.1 Å². The molecule has 6 nitrogen and oxygen atoms in total. The van der Waals surface area contributed by atoms with Crippen LogP contribution < -0.4 is 15.8 Å². The summed E-state index contributed by atoms with van der Waals surface area (Å²) in [6.45, 7) is 4.77. The van der Waals surface area contributed by atoms with Gasteiger partial charge >= 0.3 is 0 Å². The maximum atomic E-state index is 12.5. The van der Waals surface area contributed by atoms with Crippen LogP contribution in [0.2, 0.25) is 0 Å². The van der Waals surface area contributed by atoms with Crippen LogP contribution in [-0.4, -0.2) is 49.5 Å². The number of aryl methyl sites for hydroxylation is 1. The van der Waals surface area contributed by atoms with Crippen LogP contribution in [0.25, 0.3) is 0 Å². The zero-order valence-corrected chi connectivity index (χ0v) is 16.2. The Morgan fingerprint density at radius 1 is 1.31 bits per heavy atom. The summed E-state index contributed by atoms with van der Waals surface area (Å²) in [7, 11) is 0. The zero-order valence-electron chi connectivity index (χ0n) is 15.4. The van der Waals surface area contributed by atoms with Crippen molar-refractivity contribution in [2.45, 2.75) is 32.6 Å². The molecule has 1 saturated heterocycles. The molecule has 7 heteroatoms. The summed E-state index contributed by atoms with van der Waals surface area (Å²) < 4.78 is 5.42. The number of hydrogen-bond donors (Lipinski definition) is 2. The van der Waals surface area contributed by atoms with Crippen molar-refractivity contribution >= 4 is 24.2 Å². The summed E-state index contributed by atoms with van der Waals surface area (Å²) in [5.74, 6) is 0.856. The normalized spacial score (nSPS) is 16.5. The Bertz CT molecular complexity index is 566. The van der Waals surface area contributed by atoms with Gasteiger partial charge in [0.15, 0.2) is 0 Å². The minimum Gasteiger partial charge on any atom is -0.494 e. The van der Waals surface area contributed by atoms with Crippen LogP contribution in [0.3, 0.4) is 0 Å². The Kier molecular flexibility index (Phi) is 10.1. The third-order valence-corrected chi connectivity index (χ3v) is 4.45. The third kappa shape index (κ3) is 6.84. The molecular formula is C19H30ClN3O3. The number of carbonyl (C=O) groups excluding carboxylic acids is 2. The molecule has 2 amide bonds. The molecule has 1 fully saturated rings. The molecule has 0 radical (unpaired) electrons. The molecule has 2 rings (SSSR count). The topological polar surface area (TPSA) is 84.7 Å². The average molecular weight is 384 g/mol. The zero-order chi connectivity index (χ0) is 18.1. The third-order valence-electron chi connectivity index (χ3n) is 4.45. The Balaban J connectivity index is 0.00000338. The summed E-state index contributed by atoms with van der Waals surface area (Å²) in [4.78, 5) is 26.4. The van der Waals surface area contributed by atoms with Gasteiger partial charge in [0.2, 0.25) is 11.8 Å². The molecule has 0 aliphatic carbocycles. The van der Waals surface area contributed by atoms with Gasteiger partial charge in [0.1, 0.15) is 5.75 Å². The van der Waals surface area contributed by atoms with E-state index in [2.05, 4.69) is 5.32 Å². The van der Waals surface area contributed by atoms with Crippen molar-refractivity contribution in [3.05, 3.63) is 29.8 Å². The number of nitrogens with zero attached hydrogens (tertiary/aromatic N) is 1. The number of carbonyl (C=O) groups is 2. The van der Waals surface area contributed by atoms with Crippen molar-refractivity contribution in [1.82, 2.24) is 10.2 Å². The maximum Gasteiger partial charge on any atom is 0.224 e. The van der Waals surface area contributed by atoms with E-state index < -0.39 is 0 Å². The van der Waals surface area contributed by atoms with Crippen LogP contribution in [0.4, 0.5) is 0 Å². The van der Waals surface area contributed by atoms with E-state index >= 15 is 0 Å². The molecular weight excluding hydrogens is 354 g/mol. The standard InChI is InChI=1S/C19H29N3O3.ClH/c1-2-25-17-8-5-15(6-9-17)7-10-18(23)22-13-3-4-16(14-22)19(24)21-12-11-20;/h5-6,8-9,16H,2-4,7,10-14,20H2,1H3,(H,21,24);1H. The first-order valence-corrected chi connectivity index (χ1v) is 9.11. The van der Waals surface area contributed by atoms with Crippen molar-refractivity contribution < 1.29 is 14.3 Å². The van der Waals surface area contributed by atoms with Gasteiger partial charge in [0, 0.05) is 32.6 Å². The fraction of sp³-hybridized carbons (Fsp3) is 0.579. The molecule has 3 N–H and O–H groups in total. The highest BCUT2D eigenvalue weighted by Gasteiger charge is 2.27. The second-order valence-corrected chi connectivity index (χ2v) is 6.34. The molecule has 0 spiro atoms. The van der Waals surface area contributed by atoms with Gasteiger partial charge in [-0.3, -0.25) is 9.59 Å². The molecule has 26 heavy (non-hydrogen) atoms. The quantitative estimate of drug-likeness (QED) is 0.716. The van der Waals surface area contributed by atoms with Crippen molar-refractivity contribution in [3.63, 3.8) is 0 Å². The number of piperidine rings is 1. The predicted octanol–water partition coefficient (Wildman–Crippen LogP) is 1.75. The number of nitrogens with two attached hydrogens (primary N) is 1. The fourth-order valence-corrected chi connectivity index (χ4v) is 3.09. The number of hydrogen-bond acceptors (Lipinski definition) is 4. The summed E-state index contributed by atoms with van der Waals surface area (Å²) in [6, 6.07) is 7.86. The van der Waals surface area contributed by atoms with Gasteiger partial charge in [-0.25, -0.2) is 0 Å². The second kappa shape index (κ2) is 11.8. The lowest BCUT2D eigenvalue weighted by atomic mass is 9.96. The molecule has 0 bridgehead atoms. The minimum atomic E-state index is -0.116. The summed E-state index contributed by atoms with van der Waals surface area (Å²) in [5.41, 5.74) is 6.53. The molecule has 0 saturated carbocycles. The largest absolute Gasteiger partial charge is 0.494 e. The number of ether oxygens (including phenoxy) is 1. The molecule has 1 atom stereocenters. The van der Waals surface area contributed by atoms with Gasteiger partial charge < -0.3 is 20.7 Å². The van der Waals surface area contributed by atoms with E-state index in [9.17, 15) is 9.59 Å². The fourth-order valence-electron chi connectivity index (χ4n) is 3.09. The smallest absolute Gasteiger partial charge is 0.224 e. The van der Waals surface area contributed by atoms with Gasteiger partial charge in [0.25, 0.3) is 0 Å². The summed E-state index contributed by atoms with van der Waals surface area (Å²) in [6.07, 6.45) is 2.87. The van der Waals surface area contributed by atoms with Crippen molar-refractivity contribution in [2.24, 2.45) is 11.7 Å². The molecule has 1 unspecified atom stereocenters. The van der Waals surface area contributed by atoms with Gasteiger partial charge in [-0.05, 0) is 43.9 Å². The monoisotopic (exact) mass is 383 g/mol. The van der Waals surface area contributed by atoms with Crippen LogP contribution >= 0.6 is 12.4 Å². The number of rotatable bonds is 8. The number of benzene rings is 1. The van der Waals surface area contributed by atoms with Crippen LogP contribution in [-0.2, 0) is 16.0 Å². The number of amides is 2. The minimum absolute atomic E-state index is 0. The van der Waals surface area contributed by atoms with Crippen LogP contribution in [0, 0.1) is 5.92 Å². The first-order chi connectivity index (χ1) is 12.1. The van der Waals surface area contributed by atoms with Crippen molar-refractivity contribution in [2.75, 3.05) is 32.8 Å². The maximum absolute atomic E-state index is 12.5. The van der Waals surface area contributed by atoms with Crippen LogP contribution in [0.5, 0.6) is 5.75 Å². The van der Waals surface area contributed by atoms with Crippen molar-refractivity contribution in [1.29, 1.82) is 0 Å².